The van der Waals surface area contributed by atoms with Gasteiger partial charge in [0.25, 0.3) is 11.8 Å². The molecule has 1 aliphatic carbocycles. The number of benzene rings is 2. The van der Waals surface area contributed by atoms with Crippen LogP contribution in [0.1, 0.15) is 17.9 Å². The van der Waals surface area contributed by atoms with Gasteiger partial charge in [0.1, 0.15) is 5.75 Å². The summed E-state index contributed by atoms with van der Waals surface area (Å²) < 4.78 is 0. The third-order valence-corrected chi connectivity index (χ3v) is 7.08. The molecule has 138 valence electrons. The molecule has 3 atom stereocenters. The molecule has 4 rings (SSSR count). The number of amides is 2. The van der Waals surface area contributed by atoms with E-state index in [1.807, 2.05) is 24.3 Å². The zero-order chi connectivity index (χ0) is 19.6. The van der Waals surface area contributed by atoms with E-state index in [1.54, 1.807) is 24.3 Å². The van der Waals surface area contributed by atoms with Crippen LogP contribution in [0.4, 0.5) is 0 Å². The number of carbonyl (C=O) groups excluding carboxylic acids is 2. The van der Waals surface area contributed by atoms with E-state index in [1.165, 1.54) is 7.05 Å². The number of carbonyl (C=O) groups is 2. The molecule has 4 nitrogen and oxygen atoms in total. The number of fused-ring (bicyclic) bond motifs is 2. The molecule has 2 aromatic rings. The van der Waals surface area contributed by atoms with Gasteiger partial charge in [0.2, 0.25) is 0 Å². The van der Waals surface area contributed by atoms with Crippen LogP contribution in [0.15, 0.2) is 60.7 Å². The highest BCUT2D eigenvalue weighted by molar-refractivity contribution is 6.53. The van der Waals surface area contributed by atoms with Crippen molar-refractivity contribution in [1.29, 1.82) is 0 Å². The summed E-state index contributed by atoms with van der Waals surface area (Å²) in [5, 5.41) is 11.6. The smallest absolute Gasteiger partial charge is 0.253 e. The van der Waals surface area contributed by atoms with Crippen molar-refractivity contribution in [3.63, 3.8) is 0 Å². The van der Waals surface area contributed by atoms with Gasteiger partial charge in [-0.25, -0.2) is 0 Å². The minimum Gasteiger partial charge on any atom is -0.507 e. The average Bonchev–Trinajstić information content (AvgIpc) is 2.81. The van der Waals surface area contributed by atoms with Gasteiger partial charge in [0, 0.05) is 18.4 Å². The molecule has 0 aromatic heterocycles. The topological polar surface area (TPSA) is 57.6 Å². The lowest BCUT2D eigenvalue weighted by molar-refractivity contribution is -0.137. The number of nitrogens with zero attached hydrogens (tertiary/aromatic N) is 1. The first kappa shape index (κ1) is 18.1. The molecule has 1 N–H and O–H groups in total. The zero-order valence-corrected chi connectivity index (χ0v) is 16.1. The Bertz CT molecular complexity index is 1050. The Kier molecular flexibility index (Phi) is 3.92. The number of rotatable bonds is 2. The summed E-state index contributed by atoms with van der Waals surface area (Å²) in [5.41, 5.74) is 1.44. The third kappa shape index (κ3) is 2.11. The van der Waals surface area contributed by atoms with Crippen molar-refractivity contribution < 1.29 is 14.7 Å². The van der Waals surface area contributed by atoms with Crippen molar-refractivity contribution in [3.8, 4) is 5.75 Å². The number of likely N-dealkylation sites (tertiary alicyclic amines) is 1. The van der Waals surface area contributed by atoms with Crippen LogP contribution >= 0.6 is 23.2 Å². The summed E-state index contributed by atoms with van der Waals surface area (Å²) in [7, 11) is 1.40. The number of imide groups is 1. The van der Waals surface area contributed by atoms with E-state index in [9.17, 15) is 14.7 Å². The van der Waals surface area contributed by atoms with Gasteiger partial charge in [-0.05, 0) is 29.0 Å². The molecule has 0 saturated carbocycles. The van der Waals surface area contributed by atoms with E-state index in [2.05, 4.69) is 6.58 Å². The fourth-order valence-electron chi connectivity index (χ4n) is 4.27. The summed E-state index contributed by atoms with van der Waals surface area (Å²) in [6, 6.07) is 10.6. The largest absolute Gasteiger partial charge is 0.507 e. The Balaban J connectivity index is 2.07. The lowest BCUT2D eigenvalue weighted by Crippen LogP contribution is -2.54. The van der Waals surface area contributed by atoms with Crippen LogP contribution in [0.2, 0.25) is 0 Å². The molecule has 6 heteroatoms. The van der Waals surface area contributed by atoms with Crippen LogP contribution in [0.5, 0.6) is 5.75 Å². The van der Waals surface area contributed by atoms with E-state index >= 15 is 0 Å². The second kappa shape index (κ2) is 5.85. The Hall–Kier alpha value is -2.30. The maximum absolute atomic E-state index is 13.1. The molecule has 2 aliphatic rings. The van der Waals surface area contributed by atoms with Crippen molar-refractivity contribution in [2.45, 2.75) is 22.1 Å². The van der Waals surface area contributed by atoms with E-state index in [-0.39, 0.29) is 12.2 Å². The molecule has 2 amide bonds. The van der Waals surface area contributed by atoms with Crippen LogP contribution < -0.4 is 0 Å². The van der Waals surface area contributed by atoms with Crippen molar-refractivity contribution in [1.82, 2.24) is 4.90 Å². The van der Waals surface area contributed by atoms with E-state index in [4.69, 9.17) is 23.2 Å². The molecule has 1 fully saturated rings. The molecule has 0 bridgehead atoms. The normalized spacial score (nSPS) is 30.4. The highest BCUT2D eigenvalue weighted by Gasteiger charge is 2.72. The standard InChI is InChI=1S/C21H17Cl2NO3/c1-3-12-10-11-20(22)18(26)24(2)19(27)21(20,23)17(12)15-8-9-16(25)14-7-5-4-6-13(14)15/h3-10,17,25H,1,11H2,2H3. The molecule has 0 spiro atoms. The Morgan fingerprint density at radius 3 is 2.48 bits per heavy atom. The summed E-state index contributed by atoms with van der Waals surface area (Å²) in [6.45, 7) is 3.86. The fourth-order valence-corrected chi connectivity index (χ4v) is 5.20. The number of hydrogen-bond acceptors (Lipinski definition) is 3. The number of halogens is 2. The molecule has 1 saturated heterocycles. The van der Waals surface area contributed by atoms with Crippen molar-refractivity contribution >= 4 is 45.8 Å². The Morgan fingerprint density at radius 1 is 1.15 bits per heavy atom. The quantitative estimate of drug-likeness (QED) is 0.608. The minimum absolute atomic E-state index is 0.126. The first-order valence-electron chi connectivity index (χ1n) is 8.51. The Morgan fingerprint density at radius 2 is 1.81 bits per heavy atom. The molecule has 0 radical (unpaired) electrons. The molecule has 1 heterocycles. The van der Waals surface area contributed by atoms with Crippen LogP contribution in [0, 0.1) is 0 Å². The highest BCUT2D eigenvalue weighted by atomic mass is 35.5. The summed E-state index contributed by atoms with van der Waals surface area (Å²) in [5.74, 6) is -1.59. The molecular weight excluding hydrogens is 385 g/mol. The second-order valence-corrected chi connectivity index (χ2v) is 8.19. The monoisotopic (exact) mass is 401 g/mol. The number of phenolic OH excluding ortho intramolecular Hbond substituents is 1. The van der Waals surface area contributed by atoms with Crippen LogP contribution in [0.3, 0.4) is 0 Å². The number of aromatic hydroxyl groups is 1. The lowest BCUT2D eigenvalue weighted by Gasteiger charge is -2.42. The fraction of sp³-hybridized carbons (Fsp3) is 0.238. The number of hydrogen-bond donors (Lipinski definition) is 1. The Labute approximate surface area is 166 Å². The second-order valence-electron chi connectivity index (χ2n) is 6.95. The number of alkyl halides is 2. The van der Waals surface area contributed by atoms with Gasteiger partial charge in [-0.2, -0.15) is 0 Å². The number of phenols is 1. The summed E-state index contributed by atoms with van der Waals surface area (Å²) in [4.78, 5) is 23.6. The van der Waals surface area contributed by atoms with Crippen molar-refractivity contribution in [3.05, 3.63) is 66.3 Å². The van der Waals surface area contributed by atoms with Gasteiger partial charge in [0.15, 0.2) is 9.75 Å². The lowest BCUT2D eigenvalue weighted by atomic mass is 9.68. The highest BCUT2D eigenvalue weighted by Crippen LogP contribution is 2.59. The van der Waals surface area contributed by atoms with Crippen LogP contribution in [-0.2, 0) is 9.59 Å². The van der Waals surface area contributed by atoms with Crippen molar-refractivity contribution in [2.24, 2.45) is 0 Å². The van der Waals surface area contributed by atoms with Crippen LogP contribution in [-0.4, -0.2) is 38.6 Å². The first-order chi connectivity index (χ1) is 12.8. The van der Waals surface area contributed by atoms with Gasteiger partial charge in [-0.3, -0.25) is 14.5 Å². The predicted octanol–water partition coefficient (Wildman–Crippen LogP) is 4.10. The zero-order valence-electron chi connectivity index (χ0n) is 14.6. The van der Waals surface area contributed by atoms with Gasteiger partial charge in [0.05, 0.1) is 0 Å². The maximum Gasteiger partial charge on any atom is 0.253 e. The van der Waals surface area contributed by atoms with Gasteiger partial charge >= 0.3 is 0 Å². The minimum atomic E-state index is -1.68. The van der Waals surface area contributed by atoms with E-state index < -0.39 is 27.5 Å². The van der Waals surface area contributed by atoms with E-state index in [0.717, 1.165) is 15.9 Å². The molecule has 2 aromatic carbocycles. The number of allylic oxidation sites excluding steroid dienone is 3. The predicted molar refractivity (Wildman–Crippen MR) is 106 cm³/mol. The van der Waals surface area contributed by atoms with Gasteiger partial charge in [-0.15, -0.1) is 23.2 Å². The SMILES string of the molecule is C=CC1=CCC2(Cl)C(=O)N(C)C(=O)C2(Cl)C1c1ccc(O)c2ccccc12. The molecule has 1 aliphatic heterocycles. The van der Waals surface area contributed by atoms with Gasteiger partial charge < -0.3 is 5.11 Å². The average molecular weight is 402 g/mol. The van der Waals surface area contributed by atoms with E-state index in [0.29, 0.717) is 10.9 Å². The van der Waals surface area contributed by atoms with Crippen molar-refractivity contribution in [2.75, 3.05) is 7.05 Å². The van der Waals surface area contributed by atoms with Crippen LogP contribution in [0.25, 0.3) is 10.8 Å². The summed E-state index contributed by atoms with van der Waals surface area (Å²) >= 11 is 13.7. The molecule has 27 heavy (non-hydrogen) atoms. The van der Waals surface area contributed by atoms with Gasteiger partial charge in [-0.1, -0.05) is 49.1 Å². The molecule has 3 unspecified atom stereocenters. The summed E-state index contributed by atoms with van der Waals surface area (Å²) in [6.07, 6.45) is 3.60. The first-order valence-corrected chi connectivity index (χ1v) is 9.26. The maximum atomic E-state index is 13.1. The molecular formula is C21H17Cl2NO3. The third-order valence-electron chi connectivity index (χ3n) is 5.67.